The molecule has 0 saturated heterocycles. The highest BCUT2D eigenvalue weighted by Gasteiger charge is 2.41. The second-order valence-electron chi connectivity index (χ2n) is 8.05. The molecule has 3 heterocycles. The number of nitrogens with one attached hydrogen (secondary N) is 2. The number of sulfonamides is 1. The molecule has 1 aliphatic heterocycles. The van der Waals surface area contributed by atoms with E-state index in [1.807, 2.05) is 13.0 Å². The number of anilines is 3. The first-order chi connectivity index (χ1) is 14.8. The number of hydrogen-bond acceptors (Lipinski definition) is 7. The number of hydrogen-bond donors (Lipinski definition) is 3. The topological polar surface area (TPSA) is 127 Å². The zero-order valence-electron chi connectivity index (χ0n) is 16.9. The minimum Gasteiger partial charge on any atom is -0.322 e. The van der Waals surface area contributed by atoms with Crippen LogP contribution < -0.4 is 15.9 Å². The van der Waals surface area contributed by atoms with Gasteiger partial charge in [0.15, 0.2) is 0 Å². The van der Waals surface area contributed by atoms with Crippen molar-refractivity contribution in [3.63, 3.8) is 0 Å². The molecule has 1 saturated carbocycles. The Balaban J connectivity index is 1.56. The highest BCUT2D eigenvalue weighted by atomic mass is 32.2. The largest absolute Gasteiger partial charge is 0.322 e. The molecule has 9 nitrogen and oxygen atoms in total. The normalized spacial score (nSPS) is 17.8. The van der Waals surface area contributed by atoms with Gasteiger partial charge in [-0.3, -0.25) is 9.99 Å². The van der Waals surface area contributed by atoms with Crippen LogP contribution in [0.3, 0.4) is 0 Å². The zero-order valence-corrected chi connectivity index (χ0v) is 17.7. The summed E-state index contributed by atoms with van der Waals surface area (Å²) in [7, 11) is -3.99. The molecule has 11 heteroatoms. The average molecular weight is 444 g/mol. The Bertz CT molecular complexity index is 1330. The molecule has 0 bridgehead atoms. The summed E-state index contributed by atoms with van der Waals surface area (Å²) < 4.78 is 39.5. The maximum absolute atomic E-state index is 14.5. The van der Waals surface area contributed by atoms with Crippen molar-refractivity contribution in [1.82, 2.24) is 14.5 Å². The van der Waals surface area contributed by atoms with Gasteiger partial charge in [-0.05, 0) is 44.0 Å². The van der Waals surface area contributed by atoms with Crippen molar-refractivity contribution in [2.75, 3.05) is 10.7 Å². The van der Waals surface area contributed by atoms with Crippen LogP contribution in [0.25, 0.3) is 11.0 Å². The van der Waals surface area contributed by atoms with Crippen molar-refractivity contribution in [3.8, 4) is 0 Å². The SMILES string of the molecule is CC1=NNc2cc3cnc(Nc4ccc(S(N)(=O)=O)cc4F)nc3n2C12CCCCC2. The Kier molecular flexibility index (Phi) is 4.48. The molecule has 2 aliphatic rings. The van der Waals surface area contributed by atoms with E-state index < -0.39 is 15.8 Å². The lowest BCUT2D eigenvalue weighted by Crippen LogP contribution is -2.45. The van der Waals surface area contributed by atoms with E-state index in [1.165, 1.54) is 18.6 Å². The summed E-state index contributed by atoms with van der Waals surface area (Å²) in [5, 5.41) is 13.3. The summed E-state index contributed by atoms with van der Waals surface area (Å²) in [6.07, 6.45) is 7.08. The van der Waals surface area contributed by atoms with Crippen molar-refractivity contribution in [2.45, 2.75) is 49.5 Å². The van der Waals surface area contributed by atoms with Crippen LogP contribution in [0.15, 0.2) is 40.5 Å². The van der Waals surface area contributed by atoms with E-state index in [9.17, 15) is 12.8 Å². The smallest absolute Gasteiger partial charge is 0.238 e. The molecule has 1 aliphatic carbocycles. The third-order valence-electron chi connectivity index (χ3n) is 6.18. The van der Waals surface area contributed by atoms with E-state index in [0.717, 1.165) is 54.3 Å². The number of nitrogens with zero attached hydrogens (tertiary/aromatic N) is 4. The third-order valence-corrected chi connectivity index (χ3v) is 7.09. The Morgan fingerprint density at radius 2 is 2.00 bits per heavy atom. The van der Waals surface area contributed by atoms with Gasteiger partial charge in [-0.1, -0.05) is 19.3 Å². The molecule has 1 fully saturated rings. The van der Waals surface area contributed by atoms with Crippen LogP contribution in [0.2, 0.25) is 0 Å². The van der Waals surface area contributed by atoms with Gasteiger partial charge < -0.3 is 5.32 Å². The van der Waals surface area contributed by atoms with E-state index in [1.54, 1.807) is 6.20 Å². The minimum absolute atomic E-state index is 0.0559. The number of rotatable bonds is 3. The van der Waals surface area contributed by atoms with Crippen molar-refractivity contribution < 1.29 is 12.8 Å². The number of aromatic nitrogens is 3. The van der Waals surface area contributed by atoms with Crippen LogP contribution in [0.4, 0.5) is 21.8 Å². The molecule has 5 rings (SSSR count). The van der Waals surface area contributed by atoms with Crippen LogP contribution in [0, 0.1) is 5.82 Å². The number of nitrogens with two attached hydrogens (primary N) is 1. The van der Waals surface area contributed by atoms with Gasteiger partial charge in [0.25, 0.3) is 0 Å². The monoisotopic (exact) mass is 443 g/mol. The predicted octanol–water partition coefficient (Wildman–Crippen LogP) is 3.42. The summed E-state index contributed by atoms with van der Waals surface area (Å²) in [6, 6.07) is 5.37. The van der Waals surface area contributed by atoms with Crippen LogP contribution in [0.5, 0.6) is 0 Å². The summed E-state index contributed by atoms with van der Waals surface area (Å²) in [5.74, 6) is 0.306. The van der Waals surface area contributed by atoms with Gasteiger partial charge in [-0.2, -0.15) is 10.1 Å². The van der Waals surface area contributed by atoms with E-state index in [-0.39, 0.29) is 22.1 Å². The van der Waals surface area contributed by atoms with E-state index >= 15 is 0 Å². The predicted molar refractivity (Wildman–Crippen MR) is 116 cm³/mol. The van der Waals surface area contributed by atoms with E-state index in [0.29, 0.717) is 0 Å². The van der Waals surface area contributed by atoms with Gasteiger partial charge in [0.05, 0.1) is 21.8 Å². The standard InChI is InChI=1S/C20H22FN7O2S/c1-12-20(7-3-2-4-8-20)28-17(27-26-12)9-13-11-23-19(25-18(13)28)24-16-6-5-14(10-15(16)21)31(22,29)30/h5-6,9-11,27H,2-4,7-8H2,1H3,(H2,22,29,30)(H,23,24,25). The van der Waals surface area contributed by atoms with E-state index in [2.05, 4.69) is 30.4 Å². The van der Waals surface area contributed by atoms with Gasteiger partial charge in [0.1, 0.15) is 17.3 Å². The Morgan fingerprint density at radius 3 is 2.71 bits per heavy atom. The van der Waals surface area contributed by atoms with Gasteiger partial charge in [-0.15, -0.1) is 0 Å². The van der Waals surface area contributed by atoms with Gasteiger partial charge in [0, 0.05) is 11.6 Å². The third kappa shape index (κ3) is 3.24. The molecule has 162 valence electrons. The highest BCUT2D eigenvalue weighted by Crippen LogP contribution is 2.43. The van der Waals surface area contributed by atoms with Crippen molar-refractivity contribution in [2.24, 2.45) is 10.2 Å². The molecule has 1 aromatic carbocycles. The fourth-order valence-corrected chi connectivity index (χ4v) is 5.11. The molecule has 4 N–H and O–H groups in total. The maximum Gasteiger partial charge on any atom is 0.238 e. The molecule has 0 unspecified atom stereocenters. The van der Waals surface area contributed by atoms with Crippen molar-refractivity contribution in [3.05, 3.63) is 36.3 Å². The summed E-state index contributed by atoms with van der Waals surface area (Å²) in [6.45, 7) is 2.04. The van der Waals surface area contributed by atoms with E-state index in [4.69, 9.17) is 5.14 Å². The second-order valence-corrected chi connectivity index (χ2v) is 9.61. The van der Waals surface area contributed by atoms with Crippen molar-refractivity contribution >= 4 is 44.2 Å². The molecular weight excluding hydrogens is 421 g/mol. The first-order valence-corrected chi connectivity index (χ1v) is 11.6. The Hall–Kier alpha value is -3.05. The van der Waals surface area contributed by atoms with Crippen LogP contribution in [-0.2, 0) is 15.6 Å². The highest BCUT2D eigenvalue weighted by molar-refractivity contribution is 7.89. The summed E-state index contributed by atoms with van der Waals surface area (Å²) in [5.41, 5.74) is 4.69. The van der Waals surface area contributed by atoms with Crippen LogP contribution >= 0.6 is 0 Å². The molecule has 31 heavy (non-hydrogen) atoms. The zero-order chi connectivity index (χ0) is 21.8. The number of hydrazone groups is 1. The summed E-state index contributed by atoms with van der Waals surface area (Å²) in [4.78, 5) is 8.68. The van der Waals surface area contributed by atoms with Gasteiger partial charge in [0.2, 0.25) is 16.0 Å². The lowest BCUT2D eigenvalue weighted by atomic mass is 9.78. The number of benzene rings is 1. The number of fused-ring (bicyclic) bond motifs is 4. The average Bonchev–Trinajstić information content (AvgIpc) is 3.11. The first kappa shape index (κ1) is 19.9. The maximum atomic E-state index is 14.5. The van der Waals surface area contributed by atoms with Gasteiger partial charge >= 0.3 is 0 Å². The lowest BCUT2D eigenvalue weighted by Gasteiger charge is -2.42. The quantitative estimate of drug-likeness (QED) is 0.569. The van der Waals surface area contributed by atoms with Crippen LogP contribution in [-0.4, -0.2) is 28.7 Å². The Morgan fingerprint density at radius 1 is 1.23 bits per heavy atom. The molecule has 1 spiro atoms. The Labute approximate surface area is 178 Å². The van der Waals surface area contributed by atoms with Crippen LogP contribution in [0.1, 0.15) is 39.0 Å². The first-order valence-electron chi connectivity index (χ1n) is 10.1. The van der Waals surface area contributed by atoms with Gasteiger partial charge in [-0.25, -0.2) is 22.9 Å². The number of halogens is 1. The molecule has 0 atom stereocenters. The fourth-order valence-electron chi connectivity index (χ4n) is 4.59. The molecule has 0 radical (unpaired) electrons. The lowest BCUT2D eigenvalue weighted by molar-refractivity contribution is 0.285. The molecular formula is C20H22FN7O2S. The fraction of sp³-hybridized carbons (Fsp3) is 0.350. The molecule has 2 aromatic heterocycles. The minimum atomic E-state index is -3.99. The summed E-state index contributed by atoms with van der Waals surface area (Å²) >= 11 is 0. The molecule has 3 aromatic rings. The second kappa shape index (κ2) is 6.99. The molecule has 0 amide bonds. The number of primary sulfonamides is 1. The van der Waals surface area contributed by atoms with Crippen molar-refractivity contribution in [1.29, 1.82) is 0 Å².